The van der Waals surface area contributed by atoms with Crippen LogP contribution in [0.3, 0.4) is 0 Å². The maximum Gasteiger partial charge on any atom is 0.327 e. The number of amides is 1. The van der Waals surface area contributed by atoms with Crippen molar-refractivity contribution in [3.63, 3.8) is 0 Å². The zero-order valence-electron chi connectivity index (χ0n) is 22.7. The fourth-order valence-electron chi connectivity index (χ4n) is 4.42. The highest BCUT2D eigenvalue weighted by atomic mass is 35.5. The van der Waals surface area contributed by atoms with Gasteiger partial charge in [-0.3, -0.25) is 13.9 Å². The number of benzene rings is 4. The molecule has 0 heterocycles. The molecule has 0 spiro atoms. The first-order valence-corrected chi connectivity index (χ1v) is 14.9. The molecule has 9 heteroatoms. The van der Waals surface area contributed by atoms with Crippen LogP contribution in [-0.4, -0.2) is 32.9 Å². The molecule has 0 aliphatic carbocycles. The minimum absolute atomic E-state index is 0.102. The summed E-state index contributed by atoms with van der Waals surface area (Å²) in [5.74, 6) is -1.17. The molecular formula is C32H31ClN2O5S. The van der Waals surface area contributed by atoms with Crippen LogP contribution in [0, 0.1) is 0 Å². The molecule has 1 N–H and O–H groups in total. The van der Waals surface area contributed by atoms with Crippen molar-refractivity contribution in [2.75, 3.05) is 16.2 Å². The molecule has 0 saturated heterocycles. The van der Waals surface area contributed by atoms with E-state index >= 15 is 0 Å². The summed E-state index contributed by atoms with van der Waals surface area (Å²) in [5, 5.41) is 3.16. The maximum atomic E-state index is 13.8. The van der Waals surface area contributed by atoms with Gasteiger partial charge in [-0.05, 0) is 61.4 Å². The number of sulfonamides is 1. The van der Waals surface area contributed by atoms with Gasteiger partial charge in [-0.2, -0.15) is 0 Å². The fourth-order valence-corrected chi connectivity index (χ4v) is 6.05. The number of carbonyl (C=O) groups is 2. The van der Waals surface area contributed by atoms with Crippen LogP contribution in [0.1, 0.15) is 37.3 Å². The van der Waals surface area contributed by atoms with Gasteiger partial charge >= 0.3 is 5.97 Å². The highest BCUT2D eigenvalue weighted by molar-refractivity contribution is 7.92. The summed E-state index contributed by atoms with van der Waals surface area (Å²) in [7, 11) is -4.25. The Balaban J connectivity index is 1.59. The largest absolute Gasteiger partial charge is 0.462 e. The van der Waals surface area contributed by atoms with Gasteiger partial charge in [0.1, 0.15) is 6.54 Å². The molecule has 212 valence electrons. The summed E-state index contributed by atoms with van der Waals surface area (Å²) in [6.45, 7) is 2.82. The first kappa shape index (κ1) is 29.8. The molecule has 1 amide bonds. The third kappa shape index (κ3) is 7.96. The summed E-state index contributed by atoms with van der Waals surface area (Å²) in [5.41, 5.74) is 2.51. The van der Waals surface area contributed by atoms with E-state index in [9.17, 15) is 18.0 Å². The topological polar surface area (TPSA) is 92.8 Å². The quantitative estimate of drug-likeness (QED) is 0.197. The van der Waals surface area contributed by atoms with Gasteiger partial charge in [0, 0.05) is 23.0 Å². The number of ether oxygens (including phenoxy) is 1. The van der Waals surface area contributed by atoms with Crippen LogP contribution in [0.15, 0.2) is 114 Å². The molecule has 4 rings (SSSR count). The Labute approximate surface area is 245 Å². The van der Waals surface area contributed by atoms with E-state index in [1.165, 1.54) is 24.3 Å². The van der Waals surface area contributed by atoms with Crippen molar-refractivity contribution < 1.29 is 22.7 Å². The van der Waals surface area contributed by atoms with Crippen molar-refractivity contribution in [1.82, 2.24) is 0 Å². The van der Waals surface area contributed by atoms with Crippen LogP contribution in [-0.2, 0) is 24.3 Å². The number of hydrogen-bond donors (Lipinski definition) is 1. The maximum absolute atomic E-state index is 13.8. The minimum atomic E-state index is -4.25. The molecule has 7 nitrogen and oxygen atoms in total. The molecule has 0 aliphatic heterocycles. The zero-order chi connectivity index (χ0) is 29.4. The van der Waals surface area contributed by atoms with Gasteiger partial charge in [-0.15, -0.1) is 0 Å². The number of nitrogens with zero attached hydrogens (tertiary/aromatic N) is 1. The predicted molar refractivity (Wildman–Crippen MR) is 162 cm³/mol. The SMILES string of the molecule is CC(C)OC(=O)CN(c1cccc(Cl)c1)S(=O)(=O)c1cccc(NC(=O)CC(c2ccccc2)c2ccccc2)c1. The minimum Gasteiger partial charge on any atom is -0.462 e. The molecule has 0 unspecified atom stereocenters. The number of anilines is 2. The van der Waals surface area contributed by atoms with Gasteiger partial charge < -0.3 is 10.1 Å². The van der Waals surface area contributed by atoms with E-state index in [1.54, 1.807) is 38.1 Å². The van der Waals surface area contributed by atoms with Crippen molar-refractivity contribution >= 4 is 44.9 Å². The monoisotopic (exact) mass is 590 g/mol. The van der Waals surface area contributed by atoms with E-state index in [4.69, 9.17) is 16.3 Å². The highest BCUT2D eigenvalue weighted by Crippen LogP contribution is 2.30. The van der Waals surface area contributed by atoms with Gasteiger partial charge in [0.25, 0.3) is 10.0 Å². The summed E-state index contributed by atoms with van der Waals surface area (Å²) in [6, 6.07) is 31.6. The van der Waals surface area contributed by atoms with Crippen molar-refractivity contribution in [2.24, 2.45) is 0 Å². The van der Waals surface area contributed by atoms with Crippen molar-refractivity contribution in [2.45, 2.75) is 37.2 Å². The molecule has 0 aromatic heterocycles. The molecule has 0 aliphatic rings. The lowest BCUT2D eigenvalue weighted by atomic mass is 9.88. The summed E-state index contributed by atoms with van der Waals surface area (Å²) in [6.07, 6.45) is -0.263. The average molecular weight is 591 g/mol. The standard InChI is InChI=1S/C32H31ClN2O5S/c1-23(2)40-32(37)22-35(28-17-9-15-26(33)19-28)41(38,39)29-18-10-16-27(20-29)34-31(36)21-30(24-11-5-3-6-12-24)25-13-7-4-8-14-25/h3-20,23,30H,21-22H2,1-2H3,(H,34,36). The van der Waals surface area contributed by atoms with E-state index < -0.39 is 28.6 Å². The number of esters is 1. The van der Waals surface area contributed by atoms with Gasteiger partial charge in [-0.25, -0.2) is 8.42 Å². The average Bonchev–Trinajstić information content (AvgIpc) is 2.95. The van der Waals surface area contributed by atoms with Crippen LogP contribution in [0.25, 0.3) is 0 Å². The Morgan fingerprint density at radius 1 is 0.829 bits per heavy atom. The predicted octanol–water partition coefficient (Wildman–Crippen LogP) is 6.65. The van der Waals surface area contributed by atoms with E-state index in [0.717, 1.165) is 15.4 Å². The zero-order valence-corrected chi connectivity index (χ0v) is 24.3. The molecular weight excluding hydrogens is 560 g/mol. The van der Waals surface area contributed by atoms with E-state index in [-0.39, 0.29) is 28.8 Å². The molecule has 0 saturated carbocycles. The van der Waals surface area contributed by atoms with Crippen LogP contribution in [0.4, 0.5) is 11.4 Å². The molecule has 41 heavy (non-hydrogen) atoms. The van der Waals surface area contributed by atoms with Crippen LogP contribution in [0.5, 0.6) is 0 Å². The van der Waals surface area contributed by atoms with Crippen LogP contribution >= 0.6 is 11.6 Å². The second-order valence-corrected chi connectivity index (χ2v) is 12.0. The number of nitrogens with one attached hydrogen (secondary N) is 1. The Morgan fingerprint density at radius 3 is 2.02 bits per heavy atom. The first-order chi connectivity index (χ1) is 19.6. The molecule has 0 bridgehead atoms. The number of halogens is 1. The number of hydrogen-bond acceptors (Lipinski definition) is 5. The first-order valence-electron chi connectivity index (χ1n) is 13.1. The Kier molecular flexibility index (Phi) is 9.81. The molecule has 0 fully saturated rings. The van der Waals surface area contributed by atoms with Gasteiger partial charge in [0.05, 0.1) is 16.7 Å². The number of carbonyl (C=O) groups excluding carboxylic acids is 2. The molecule has 0 atom stereocenters. The van der Waals surface area contributed by atoms with Crippen LogP contribution < -0.4 is 9.62 Å². The third-order valence-electron chi connectivity index (χ3n) is 6.24. The lowest BCUT2D eigenvalue weighted by Crippen LogP contribution is -2.37. The normalized spacial score (nSPS) is 11.3. The third-order valence-corrected chi connectivity index (χ3v) is 8.24. The Bertz CT molecular complexity index is 1560. The highest BCUT2D eigenvalue weighted by Gasteiger charge is 2.29. The summed E-state index contributed by atoms with van der Waals surface area (Å²) < 4.78 is 33.8. The van der Waals surface area contributed by atoms with Crippen LogP contribution in [0.2, 0.25) is 5.02 Å². The molecule has 4 aromatic rings. The van der Waals surface area contributed by atoms with Gasteiger partial charge in [-0.1, -0.05) is 84.4 Å². The van der Waals surface area contributed by atoms with E-state index in [2.05, 4.69) is 5.32 Å². The Hall–Kier alpha value is -4.14. The van der Waals surface area contributed by atoms with E-state index in [1.807, 2.05) is 60.7 Å². The Morgan fingerprint density at radius 2 is 1.44 bits per heavy atom. The van der Waals surface area contributed by atoms with E-state index in [0.29, 0.717) is 10.7 Å². The van der Waals surface area contributed by atoms with Gasteiger partial charge in [0.2, 0.25) is 5.91 Å². The lowest BCUT2D eigenvalue weighted by Gasteiger charge is -2.24. The van der Waals surface area contributed by atoms with Crippen molar-refractivity contribution in [3.05, 3.63) is 125 Å². The molecule has 4 aromatic carbocycles. The smallest absolute Gasteiger partial charge is 0.327 e. The second-order valence-electron chi connectivity index (χ2n) is 9.68. The fraction of sp³-hybridized carbons (Fsp3) is 0.188. The van der Waals surface area contributed by atoms with Crippen molar-refractivity contribution in [3.8, 4) is 0 Å². The summed E-state index contributed by atoms with van der Waals surface area (Å²) >= 11 is 6.13. The number of rotatable bonds is 11. The summed E-state index contributed by atoms with van der Waals surface area (Å²) in [4.78, 5) is 25.7. The van der Waals surface area contributed by atoms with Crippen molar-refractivity contribution in [1.29, 1.82) is 0 Å². The molecule has 0 radical (unpaired) electrons. The lowest BCUT2D eigenvalue weighted by molar-refractivity contribution is -0.145. The van der Waals surface area contributed by atoms with Gasteiger partial charge in [0.15, 0.2) is 0 Å². The second kappa shape index (κ2) is 13.5.